The Labute approximate surface area is 143 Å². The molecule has 2 fully saturated rings. The molecule has 7 heteroatoms. The zero-order valence-electron chi connectivity index (χ0n) is 15.5. The van der Waals surface area contributed by atoms with Gasteiger partial charge in [0.1, 0.15) is 0 Å². The predicted molar refractivity (Wildman–Crippen MR) is 91.1 cm³/mol. The van der Waals surface area contributed by atoms with Gasteiger partial charge in [0, 0.05) is 37.1 Å². The van der Waals surface area contributed by atoms with E-state index in [-0.39, 0.29) is 16.9 Å². The summed E-state index contributed by atoms with van der Waals surface area (Å²) in [5.41, 5.74) is 0.242. The number of halogens is 3. The minimum atomic E-state index is -4.11. The van der Waals surface area contributed by atoms with E-state index >= 15 is 0 Å². The third kappa shape index (κ3) is 4.16. The van der Waals surface area contributed by atoms with Gasteiger partial charge in [-0.05, 0) is 39.7 Å². The molecule has 2 aliphatic heterocycles. The molecule has 0 aromatic carbocycles. The van der Waals surface area contributed by atoms with Crippen LogP contribution in [0.4, 0.5) is 13.2 Å². The van der Waals surface area contributed by atoms with E-state index < -0.39 is 12.7 Å². The number of likely N-dealkylation sites (tertiary alicyclic amines) is 2. The summed E-state index contributed by atoms with van der Waals surface area (Å²) >= 11 is 0. The van der Waals surface area contributed by atoms with Crippen molar-refractivity contribution in [1.29, 1.82) is 0 Å². The smallest absolute Gasteiger partial charge is 0.356 e. The average Bonchev–Trinajstić information content (AvgIpc) is 2.86. The molecule has 2 heterocycles. The van der Waals surface area contributed by atoms with Gasteiger partial charge < -0.3 is 10.2 Å². The molecule has 2 saturated heterocycles. The van der Waals surface area contributed by atoms with Gasteiger partial charge in [-0.25, -0.2) is 0 Å². The summed E-state index contributed by atoms with van der Waals surface area (Å²) in [6.45, 7) is 13.5. The summed E-state index contributed by atoms with van der Waals surface area (Å²) in [5.74, 6) is 1.09. The lowest BCUT2D eigenvalue weighted by atomic mass is 9.65. The van der Waals surface area contributed by atoms with Crippen LogP contribution in [0.5, 0.6) is 0 Å². The zero-order valence-corrected chi connectivity index (χ0v) is 15.5. The van der Waals surface area contributed by atoms with Gasteiger partial charge in [0.25, 0.3) is 0 Å². The standard InChI is InChI=1S/C17H31F3N4/c1-6-21-14(24-11-15(2,3)16(24,4)5)22-9-13-7-8-23(10-13)12-17(18,19)20/h13H,6-12H2,1-5H3,(H,21,22). The van der Waals surface area contributed by atoms with E-state index in [9.17, 15) is 13.2 Å². The molecule has 1 N–H and O–H groups in total. The molecule has 1 atom stereocenters. The number of guanidine groups is 1. The van der Waals surface area contributed by atoms with Crippen molar-refractivity contribution in [1.82, 2.24) is 15.1 Å². The molecule has 2 rings (SSSR count). The van der Waals surface area contributed by atoms with Crippen LogP contribution in [0.3, 0.4) is 0 Å². The monoisotopic (exact) mass is 348 g/mol. The van der Waals surface area contributed by atoms with Crippen LogP contribution in [-0.2, 0) is 0 Å². The van der Waals surface area contributed by atoms with E-state index in [1.807, 2.05) is 6.92 Å². The third-order valence-corrected chi connectivity index (χ3v) is 5.75. The number of rotatable bonds is 4. The minimum Gasteiger partial charge on any atom is -0.356 e. The maximum Gasteiger partial charge on any atom is 0.401 e. The highest BCUT2D eigenvalue weighted by atomic mass is 19.4. The molecule has 0 aromatic rings. The molecule has 2 aliphatic rings. The first-order chi connectivity index (χ1) is 11.0. The Morgan fingerprint density at radius 2 is 1.92 bits per heavy atom. The van der Waals surface area contributed by atoms with Gasteiger partial charge >= 0.3 is 6.18 Å². The van der Waals surface area contributed by atoms with E-state index in [1.165, 1.54) is 4.90 Å². The molecule has 0 aromatic heterocycles. The fourth-order valence-electron chi connectivity index (χ4n) is 3.47. The molecule has 0 amide bonds. The van der Waals surface area contributed by atoms with E-state index in [0.29, 0.717) is 19.6 Å². The highest BCUT2D eigenvalue weighted by molar-refractivity contribution is 5.82. The van der Waals surface area contributed by atoms with E-state index in [1.54, 1.807) is 0 Å². The van der Waals surface area contributed by atoms with Crippen molar-refractivity contribution in [2.45, 2.75) is 52.8 Å². The van der Waals surface area contributed by atoms with Crippen LogP contribution < -0.4 is 5.32 Å². The Hall–Kier alpha value is -0.980. The quantitative estimate of drug-likeness (QED) is 0.626. The molecule has 1 unspecified atom stereocenters. The lowest BCUT2D eigenvalue weighted by Crippen LogP contribution is -2.72. The summed E-state index contributed by atoms with van der Waals surface area (Å²) in [6, 6.07) is 0. The van der Waals surface area contributed by atoms with Crippen LogP contribution in [0, 0.1) is 11.3 Å². The van der Waals surface area contributed by atoms with E-state index in [2.05, 4.69) is 37.9 Å². The van der Waals surface area contributed by atoms with Crippen LogP contribution in [0.25, 0.3) is 0 Å². The van der Waals surface area contributed by atoms with Crippen LogP contribution in [-0.4, -0.2) is 66.7 Å². The van der Waals surface area contributed by atoms with Gasteiger partial charge in [0.05, 0.1) is 6.54 Å². The summed E-state index contributed by atoms with van der Waals surface area (Å²) < 4.78 is 37.4. The third-order valence-electron chi connectivity index (χ3n) is 5.75. The highest BCUT2D eigenvalue weighted by Gasteiger charge is 2.53. The molecule has 0 radical (unpaired) electrons. The second-order valence-electron chi connectivity index (χ2n) is 8.23. The maximum absolute atomic E-state index is 12.5. The van der Waals surface area contributed by atoms with Crippen LogP contribution >= 0.6 is 0 Å². The van der Waals surface area contributed by atoms with E-state index in [4.69, 9.17) is 4.99 Å². The average molecular weight is 348 g/mol. The molecular weight excluding hydrogens is 317 g/mol. The first-order valence-electron chi connectivity index (χ1n) is 8.81. The van der Waals surface area contributed by atoms with Crippen LogP contribution in [0.1, 0.15) is 41.0 Å². The summed E-state index contributed by atoms with van der Waals surface area (Å²) in [7, 11) is 0. The lowest BCUT2D eigenvalue weighted by Gasteiger charge is -2.62. The normalized spacial score (nSPS) is 27.2. The number of hydrogen-bond donors (Lipinski definition) is 1. The van der Waals surface area contributed by atoms with Crippen molar-refractivity contribution in [3.63, 3.8) is 0 Å². The van der Waals surface area contributed by atoms with Crippen molar-refractivity contribution in [2.24, 2.45) is 16.3 Å². The summed E-state index contributed by atoms with van der Waals surface area (Å²) in [4.78, 5) is 8.50. The van der Waals surface area contributed by atoms with Crippen molar-refractivity contribution in [3.8, 4) is 0 Å². The van der Waals surface area contributed by atoms with Gasteiger partial charge in [0.15, 0.2) is 5.96 Å². The number of alkyl halides is 3. The first kappa shape index (κ1) is 19.3. The fourth-order valence-corrected chi connectivity index (χ4v) is 3.47. The van der Waals surface area contributed by atoms with Gasteiger partial charge in [-0.15, -0.1) is 0 Å². The molecule has 140 valence electrons. The zero-order chi connectivity index (χ0) is 18.2. The van der Waals surface area contributed by atoms with Gasteiger partial charge in [0.2, 0.25) is 0 Å². The predicted octanol–water partition coefficient (Wildman–Crippen LogP) is 2.96. The second kappa shape index (κ2) is 6.73. The van der Waals surface area contributed by atoms with Crippen LogP contribution in [0.15, 0.2) is 4.99 Å². The Balaban J connectivity index is 1.93. The highest BCUT2D eigenvalue weighted by Crippen LogP contribution is 2.46. The second-order valence-corrected chi connectivity index (χ2v) is 8.23. The van der Waals surface area contributed by atoms with Gasteiger partial charge in [-0.2, -0.15) is 13.2 Å². The Kier molecular flexibility index (Phi) is 5.43. The van der Waals surface area contributed by atoms with Crippen molar-refractivity contribution in [2.75, 3.05) is 39.3 Å². The molecule has 4 nitrogen and oxygen atoms in total. The van der Waals surface area contributed by atoms with E-state index in [0.717, 1.165) is 25.5 Å². The first-order valence-corrected chi connectivity index (χ1v) is 8.81. The maximum atomic E-state index is 12.5. The minimum absolute atomic E-state index is 0.0198. The largest absolute Gasteiger partial charge is 0.401 e. The molecular formula is C17H31F3N4. The number of nitrogens with zero attached hydrogens (tertiary/aromatic N) is 3. The molecule has 24 heavy (non-hydrogen) atoms. The van der Waals surface area contributed by atoms with Crippen molar-refractivity contribution >= 4 is 5.96 Å². The van der Waals surface area contributed by atoms with Crippen molar-refractivity contribution in [3.05, 3.63) is 0 Å². The SMILES string of the molecule is CCNC(=NCC1CCN(CC(F)(F)F)C1)N1CC(C)(C)C1(C)C. The molecule has 0 bridgehead atoms. The Morgan fingerprint density at radius 3 is 2.42 bits per heavy atom. The number of aliphatic imine (C=N–C) groups is 1. The molecule has 0 spiro atoms. The van der Waals surface area contributed by atoms with Crippen molar-refractivity contribution < 1.29 is 13.2 Å². The number of hydrogen-bond acceptors (Lipinski definition) is 2. The number of nitrogens with one attached hydrogen (secondary N) is 1. The Morgan fingerprint density at radius 1 is 1.25 bits per heavy atom. The molecule has 0 aliphatic carbocycles. The lowest BCUT2D eigenvalue weighted by molar-refractivity contribution is -0.143. The summed E-state index contributed by atoms with van der Waals surface area (Å²) in [5, 5.41) is 3.33. The summed E-state index contributed by atoms with van der Waals surface area (Å²) in [6.07, 6.45) is -3.33. The van der Waals surface area contributed by atoms with Crippen LogP contribution in [0.2, 0.25) is 0 Å². The topological polar surface area (TPSA) is 30.9 Å². The van der Waals surface area contributed by atoms with Gasteiger partial charge in [-0.3, -0.25) is 9.89 Å². The fraction of sp³-hybridized carbons (Fsp3) is 0.941. The van der Waals surface area contributed by atoms with Gasteiger partial charge in [-0.1, -0.05) is 13.8 Å². The Bertz CT molecular complexity index is 471. The molecule has 0 saturated carbocycles.